The Morgan fingerprint density at radius 3 is 2.38 bits per heavy atom. The summed E-state index contributed by atoms with van der Waals surface area (Å²) in [6.45, 7) is 5.44. The Bertz CT molecular complexity index is 215. The number of carbonyl (C=O) groups excluding carboxylic acids is 1. The molecule has 16 heavy (non-hydrogen) atoms. The molecule has 0 aromatic carbocycles. The highest BCUT2D eigenvalue weighted by molar-refractivity contribution is 5.78. The van der Waals surface area contributed by atoms with Gasteiger partial charge in [-0.2, -0.15) is 0 Å². The zero-order chi connectivity index (χ0) is 12.0. The SMILES string of the molecule is CN(C)CCN(C)C(=O)CN1CCOCC1. The number of rotatable bonds is 5. The molecule has 1 aliphatic rings. The van der Waals surface area contributed by atoms with Crippen molar-refractivity contribution in [3.63, 3.8) is 0 Å². The van der Waals surface area contributed by atoms with Crippen LogP contribution in [0.1, 0.15) is 0 Å². The Morgan fingerprint density at radius 2 is 1.81 bits per heavy atom. The second-order valence-electron chi connectivity index (χ2n) is 4.51. The second-order valence-corrected chi connectivity index (χ2v) is 4.51. The quantitative estimate of drug-likeness (QED) is 0.627. The molecule has 1 amide bonds. The normalized spacial score (nSPS) is 17.8. The van der Waals surface area contributed by atoms with Crippen molar-refractivity contribution in [2.24, 2.45) is 0 Å². The minimum Gasteiger partial charge on any atom is -0.379 e. The standard InChI is InChI=1S/C11H23N3O2/c1-12(2)4-5-13(3)11(15)10-14-6-8-16-9-7-14/h4-10H2,1-3H3. The molecule has 0 radical (unpaired) electrons. The minimum absolute atomic E-state index is 0.198. The molecular formula is C11H23N3O2. The molecule has 0 atom stereocenters. The van der Waals surface area contributed by atoms with Gasteiger partial charge in [0.1, 0.15) is 0 Å². The molecule has 1 heterocycles. The van der Waals surface area contributed by atoms with Gasteiger partial charge in [0, 0.05) is 33.2 Å². The van der Waals surface area contributed by atoms with E-state index in [4.69, 9.17) is 4.74 Å². The average Bonchev–Trinajstić information content (AvgIpc) is 2.27. The first-order valence-electron chi connectivity index (χ1n) is 5.78. The van der Waals surface area contributed by atoms with Gasteiger partial charge < -0.3 is 14.5 Å². The fourth-order valence-electron chi connectivity index (χ4n) is 1.55. The number of likely N-dealkylation sites (N-methyl/N-ethyl adjacent to an activating group) is 2. The molecule has 94 valence electrons. The third kappa shape index (κ3) is 4.92. The molecule has 0 aromatic rings. The van der Waals surface area contributed by atoms with E-state index in [1.54, 1.807) is 4.90 Å². The number of amides is 1. The van der Waals surface area contributed by atoms with Gasteiger partial charge in [-0.3, -0.25) is 9.69 Å². The Labute approximate surface area is 97.9 Å². The maximum atomic E-state index is 11.8. The summed E-state index contributed by atoms with van der Waals surface area (Å²) in [5.41, 5.74) is 0. The summed E-state index contributed by atoms with van der Waals surface area (Å²) in [6.07, 6.45) is 0. The van der Waals surface area contributed by atoms with Crippen LogP contribution in [0.15, 0.2) is 0 Å². The van der Waals surface area contributed by atoms with Crippen LogP contribution in [-0.4, -0.2) is 87.7 Å². The van der Waals surface area contributed by atoms with E-state index in [2.05, 4.69) is 9.80 Å². The van der Waals surface area contributed by atoms with Crippen LogP contribution in [0.2, 0.25) is 0 Å². The highest BCUT2D eigenvalue weighted by Gasteiger charge is 2.16. The third-order valence-corrected chi connectivity index (χ3v) is 2.77. The van der Waals surface area contributed by atoms with Crippen molar-refractivity contribution in [1.29, 1.82) is 0 Å². The van der Waals surface area contributed by atoms with Gasteiger partial charge in [-0.05, 0) is 14.1 Å². The van der Waals surface area contributed by atoms with Gasteiger partial charge in [0.05, 0.1) is 19.8 Å². The van der Waals surface area contributed by atoms with Gasteiger partial charge in [0.15, 0.2) is 0 Å². The first-order chi connectivity index (χ1) is 7.59. The molecule has 0 aliphatic carbocycles. The van der Waals surface area contributed by atoms with Gasteiger partial charge in [0.25, 0.3) is 0 Å². The Morgan fingerprint density at radius 1 is 1.19 bits per heavy atom. The van der Waals surface area contributed by atoms with Crippen LogP contribution in [0.3, 0.4) is 0 Å². The summed E-state index contributed by atoms with van der Waals surface area (Å²) in [5.74, 6) is 0.198. The van der Waals surface area contributed by atoms with Crippen LogP contribution < -0.4 is 0 Å². The summed E-state index contributed by atoms with van der Waals surface area (Å²) in [6, 6.07) is 0. The van der Waals surface area contributed by atoms with Gasteiger partial charge in [0.2, 0.25) is 5.91 Å². The van der Waals surface area contributed by atoms with E-state index < -0.39 is 0 Å². The van der Waals surface area contributed by atoms with Gasteiger partial charge >= 0.3 is 0 Å². The molecule has 0 spiro atoms. The topological polar surface area (TPSA) is 36.0 Å². The van der Waals surface area contributed by atoms with E-state index in [9.17, 15) is 4.79 Å². The molecule has 0 saturated carbocycles. The van der Waals surface area contributed by atoms with Gasteiger partial charge in [-0.25, -0.2) is 0 Å². The largest absolute Gasteiger partial charge is 0.379 e. The fourth-order valence-corrected chi connectivity index (χ4v) is 1.55. The fraction of sp³-hybridized carbons (Fsp3) is 0.909. The van der Waals surface area contributed by atoms with Crippen molar-refractivity contribution < 1.29 is 9.53 Å². The Balaban J connectivity index is 2.22. The van der Waals surface area contributed by atoms with Crippen LogP contribution >= 0.6 is 0 Å². The van der Waals surface area contributed by atoms with Crippen molar-refractivity contribution in [3.05, 3.63) is 0 Å². The van der Waals surface area contributed by atoms with Crippen LogP contribution in [0, 0.1) is 0 Å². The van der Waals surface area contributed by atoms with E-state index in [0.717, 1.165) is 39.4 Å². The summed E-state index contributed by atoms with van der Waals surface area (Å²) < 4.78 is 5.25. The smallest absolute Gasteiger partial charge is 0.236 e. The lowest BCUT2D eigenvalue weighted by atomic mass is 10.4. The highest BCUT2D eigenvalue weighted by Crippen LogP contribution is 1.98. The Hall–Kier alpha value is -0.650. The molecule has 0 bridgehead atoms. The van der Waals surface area contributed by atoms with Crippen LogP contribution in [0.4, 0.5) is 0 Å². The highest BCUT2D eigenvalue weighted by atomic mass is 16.5. The molecule has 0 unspecified atom stereocenters. The molecule has 5 nitrogen and oxygen atoms in total. The third-order valence-electron chi connectivity index (χ3n) is 2.77. The van der Waals surface area contributed by atoms with Crippen LogP contribution in [-0.2, 0) is 9.53 Å². The van der Waals surface area contributed by atoms with Crippen molar-refractivity contribution in [2.45, 2.75) is 0 Å². The first-order valence-corrected chi connectivity index (χ1v) is 5.78. The molecule has 1 fully saturated rings. The lowest BCUT2D eigenvalue weighted by Gasteiger charge is -2.28. The summed E-state index contributed by atoms with van der Waals surface area (Å²) in [5, 5.41) is 0. The van der Waals surface area contributed by atoms with Crippen molar-refractivity contribution in [1.82, 2.24) is 14.7 Å². The van der Waals surface area contributed by atoms with Gasteiger partial charge in [-0.15, -0.1) is 0 Å². The van der Waals surface area contributed by atoms with Crippen LogP contribution in [0.5, 0.6) is 0 Å². The predicted octanol–water partition coefficient (Wildman–Crippen LogP) is -0.661. The Kier molecular flexibility index (Phi) is 5.73. The molecule has 0 N–H and O–H groups in total. The minimum atomic E-state index is 0.198. The number of carbonyl (C=O) groups is 1. The molecule has 1 saturated heterocycles. The number of hydrogen-bond acceptors (Lipinski definition) is 4. The van der Waals surface area contributed by atoms with Crippen molar-refractivity contribution >= 4 is 5.91 Å². The lowest BCUT2D eigenvalue weighted by Crippen LogP contribution is -2.44. The molecule has 1 aliphatic heterocycles. The lowest BCUT2D eigenvalue weighted by molar-refractivity contribution is -0.132. The zero-order valence-electron chi connectivity index (χ0n) is 10.6. The maximum absolute atomic E-state index is 11.8. The molecule has 5 heteroatoms. The van der Waals surface area contributed by atoms with E-state index in [1.165, 1.54) is 0 Å². The first kappa shape index (κ1) is 13.4. The molecule has 0 aromatic heterocycles. The maximum Gasteiger partial charge on any atom is 0.236 e. The number of nitrogens with zero attached hydrogens (tertiary/aromatic N) is 3. The summed E-state index contributed by atoms with van der Waals surface area (Å²) in [7, 11) is 5.90. The van der Waals surface area contributed by atoms with E-state index in [1.807, 2.05) is 21.1 Å². The predicted molar refractivity (Wildman–Crippen MR) is 63.5 cm³/mol. The van der Waals surface area contributed by atoms with E-state index in [0.29, 0.717) is 6.54 Å². The monoisotopic (exact) mass is 229 g/mol. The molecule has 1 rings (SSSR count). The van der Waals surface area contributed by atoms with Crippen LogP contribution in [0.25, 0.3) is 0 Å². The molecular weight excluding hydrogens is 206 g/mol. The van der Waals surface area contributed by atoms with Crippen molar-refractivity contribution in [3.8, 4) is 0 Å². The number of morpholine rings is 1. The zero-order valence-corrected chi connectivity index (χ0v) is 10.6. The number of ether oxygens (including phenoxy) is 1. The van der Waals surface area contributed by atoms with E-state index >= 15 is 0 Å². The average molecular weight is 229 g/mol. The summed E-state index contributed by atoms with van der Waals surface area (Å²) >= 11 is 0. The van der Waals surface area contributed by atoms with E-state index in [-0.39, 0.29) is 5.91 Å². The second kappa shape index (κ2) is 6.83. The summed E-state index contributed by atoms with van der Waals surface area (Å²) in [4.78, 5) is 17.9. The number of hydrogen-bond donors (Lipinski definition) is 0. The van der Waals surface area contributed by atoms with Crippen molar-refractivity contribution in [2.75, 3.05) is 67.1 Å². The van der Waals surface area contributed by atoms with Gasteiger partial charge in [-0.1, -0.05) is 0 Å².